The number of anilines is 1. The van der Waals surface area contributed by atoms with Gasteiger partial charge < -0.3 is 14.8 Å². The zero-order valence-electron chi connectivity index (χ0n) is 12.0. The largest absolute Gasteiger partial charge is 0.478 e. The van der Waals surface area contributed by atoms with Gasteiger partial charge in [-0.15, -0.1) is 0 Å². The van der Waals surface area contributed by atoms with Gasteiger partial charge in [0.05, 0.1) is 12.7 Å². The zero-order chi connectivity index (χ0) is 13.7. The van der Waals surface area contributed by atoms with E-state index in [9.17, 15) is 0 Å². The molecule has 2 rings (SSSR count). The molecule has 1 aliphatic heterocycles. The fraction of sp³-hybridized carbons (Fsp3) is 0.714. The predicted molar refractivity (Wildman–Crippen MR) is 74.6 cm³/mol. The topological polar surface area (TPSA) is 56.3 Å². The van der Waals surface area contributed by atoms with E-state index >= 15 is 0 Å². The van der Waals surface area contributed by atoms with Crippen molar-refractivity contribution in [3.63, 3.8) is 0 Å². The van der Waals surface area contributed by atoms with E-state index in [1.807, 2.05) is 13.0 Å². The highest BCUT2D eigenvalue weighted by atomic mass is 16.5. The summed E-state index contributed by atoms with van der Waals surface area (Å²) in [6.07, 6.45) is 3.25. The smallest absolute Gasteiger partial charge is 0.226 e. The van der Waals surface area contributed by atoms with E-state index in [-0.39, 0.29) is 0 Å². The summed E-state index contributed by atoms with van der Waals surface area (Å²) < 4.78 is 11.1. The van der Waals surface area contributed by atoms with Gasteiger partial charge in [0.25, 0.3) is 0 Å². The molecule has 1 aromatic heterocycles. The van der Waals surface area contributed by atoms with Gasteiger partial charge in [-0.25, -0.2) is 4.98 Å². The van der Waals surface area contributed by atoms with E-state index in [4.69, 9.17) is 9.47 Å². The van der Waals surface area contributed by atoms with Gasteiger partial charge in [0.1, 0.15) is 0 Å². The molecule has 5 nitrogen and oxygen atoms in total. The lowest BCUT2D eigenvalue weighted by molar-refractivity contribution is 0.0231. The van der Waals surface area contributed by atoms with Gasteiger partial charge in [0.2, 0.25) is 11.8 Å². The normalized spacial score (nSPS) is 23.1. The monoisotopic (exact) mass is 265 g/mol. The number of hydrogen-bond donors (Lipinski definition) is 1. The van der Waals surface area contributed by atoms with Crippen molar-refractivity contribution in [2.45, 2.75) is 52.2 Å². The molecule has 1 aliphatic rings. The highest BCUT2D eigenvalue weighted by Crippen LogP contribution is 2.18. The summed E-state index contributed by atoms with van der Waals surface area (Å²) in [7, 11) is 0. The van der Waals surface area contributed by atoms with Crippen molar-refractivity contribution in [2.75, 3.05) is 18.5 Å². The maximum Gasteiger partial charge on any atom is 0.226 e. The van der Waals surface area contributed by atoms with Crippen molar-refractivity contribution in [3.05, 3.63) is 11.8 Å². The summed E-state index contributed by atoms with van der Waals surface area (Å²) in [4.78, 5) is 8.82. The van der Waals surface area contributed by atoms with Crippen LogP contribution in [0.25, 0.3) is 0 Å². The van der Waals surface area contributed by atoms with Crippen LogP contribution in [0.2, 0.25) is 0 Å². The number of nitrogens with zero attached hydrogens (tertiary/aromatic N) is 2. The minimum absolute atomic E-state index is 0.298. The quantitative estimate of drug-likeness (QED) is 0.886. The molecule has 2 unspecified atom stereocenters. The fourth-order valence-electron chi connectivity index (χ4n) is 2.20. The van der Waals surface area contributed by atoms with E-state index < -0.39 is 0 Å². The molecule has 0 bridgehead atoms. The first kappa shape index (κ1) is 14.1. The van der Waals surface area contributed by atoms with E-state index in [0.29, 0.717) is 30.6 Å². The summed E-state index contributed by atoms with van der Waals surface area (Å²) in [6.45, 7) is 7.61. The zero-order valence-corrected chi connectivity index (χ0v) is 12.0. The van der Waals surface area contributed by atoms with Crippen LogP contribution < -0.4 is 10.1 Å². The fourth-order valence-corrected chi connectivity index (χ4v) is 2.20. The Hall–Kier alpha value is -1.36. The van der Waals surface area contributed by atoms with Gasteiger partial charge in [-0.2, -0.15) is 4.98 Å². The van der Waals surface area contributed by atoms with Gasteiger partial charge in [-0.3, -0.25) is 0 Å². The average molecular weight is 265 g/mol. The molecule has 0 radical (unpaired) electrons. The number of nitrogens with one attached hydrogen (secondary N) is 1. The summed E-state index contributed by atoms with van der Waals surface area (Å²) in [6, 6.07) is 2.25. The summed E-state index contributed by atoms with van der Waals surface area (Å²) >= 11 is 0. The highest BCUT2D eigenvalue weighted by molar-refractivity contribution is 5.31. The van der Waals surface area contributed by atoms with Crippen molar-refractivity contribution in [2.24, 2.45) is 0 Å². The Morgan fingerprint density at radius 2 is 2.32 bits per heavy atom. The Kier molecular flexibility index (Phi) is 4.96. The minimum atomic E-state index is 0.298. The van der Waals surface area contributed by atoms with Crippen LogP contribution in [0.4, 0.5) is 5.95 Å². The molecule has 1 fully saturated rings. The van der Waals surface area contributed by atoms with Gasteiger partial charge in [-0.1, -0.05) is 6.92 Å². The van der Waals surface area contributed by atoms with Crippen molar-refractivity contribution in [1.82, 2.24) is 9.97 Å². The second kappa shape index (κ2) is 6.70. The molecular formula is C14H23N3O2. The molecule has 2 atom stereocenters. The summed E-state index contributed by atoms with van der Waals surface area (Å²) in [5, 5.41) is 3.39. The number of ether oxygens (including phenoxy) is 2. The molecule has 0 aliphatic carbocycles. The summed E-state index contributed by atoms with van der Waals surface area (Å²) in [5.74, 6) is 1.31. The van der Waals surface area contributed by atoms with Crippen molar-refractivity contribution in [1.29, 1.82) is 0 Å². The number of aryl methyl sites for hydroxylation is 1. The van der Waals surface area contributed by atoms with Crippen molar-refractivity contribution >= 4 is 5.95 Å². The van der Waals surface area contributed by atoms with E-state index in [2.05, 4.69) is 29.1 Å². The van der Waals surface area contributed by atoms with Crippen molar-refractivity contribution < 1.29 is 9.47 Å². The second-order valence-corrected chi connectivity index (χ2v) is 5.07. The lowest BCUT2D eigenvalue weighted by Gasteiger charge is -2.28. The first-order valence-corrected chi connectivity index (χ1v) is 7.04. The SMILES string of the molecule is CCCOc1cc(C)nc(NC2CCOC(C)C2)n1. The van der Waals surface area contributed by atoms with E-state index in [1.165, 1.54) is 0 Å². The Morgan fingerprint density at radius 3 is 3.05 bits per heavy atom. The maximum absolute atomic E-state index is 5.57. The first-order chi connectivity index (χ1) is 9.17. The summed E-state index contributed by atoms with van der Waals surface area (Å²) in [5.41, 5.74) is 0.920. The Morgan fingerprint density at radius 1 is 1.47 bits per heavy atom. The standard InChI is InChI=1S/C14H23N3O2/c1-4-6-19-13-8-10(2)15-14(17-13)16-12-5-7-18-11(3)9-12/h8,11-12H,4-7,9H2,1-3H3,(H,15,16,17). The third-order valence-electron chi connectivity index (χ3n) is 3.10. The molecule has 1 N–H and O–H groups in total. The van der Waals surface area contributed by atoms with Crippen LogP contribution in [0.5, 0.6) is 5.88 Å². The highest BCUT2D eigenvalue weighted by Gasteiger charge is 2.20. The number of rotatable bonds is 5. The van der Waals surface area contributed by atoms with Crippen molar-refractivity contribution in [3.8, 4) is 5.88 Å². The molecule has 5 heteroatoms. The molecular weight excluding hydrogens is 242 g/mol. The van der Waals surface area contributed by atoms with Crippen LogP contribution in [0.1, 0.15) is 38.8 Å². The lowest BCUT2D eigenvalue weighted by atomic mass is 10.0. The molecule has 2 heterocycles. The van der Waals surface area contributed by atoms with Crippen LogP contribution in [0.3, 0.4) is 0 Å². The molecule has 0 amide bonds. The van der Waals surface area contributed by atoms with Gasteiger partial charge >= 0.3 is 0 Å². The lowest BCUT2D eigenvalue weighted by Crippen LogP contribution is -2.33. The molecule has 0 aromatic carbocycles. The van der Waals surface area contributed by atoms with Crippen LogP contribution in [0.15, 0.2) is 6.07 Å². The Labute approximate surface area is 114 Å². The third-order valence-corrected chi connectivity index (χ3v) is 3.10. The molecule has 1 saturated heterocycles. The van der Waals surface area contributed by atoms with Crippen LogP contribution in [-0.4, -0.2) is 35.3 Å². The van der Waals surface area contributed by atoms with Gasteiger partial charge in [0, 0.05) is 24.4 Å². The van der Waals surface area contributed by atoms with E-state index in [1.54, 1.807) is 0 Å². The Balaban J connectivity index is 2.00. The van der Waals surface area contributed by atoms with E-state index in [0.717, 1.165) is 31.6 Å². The van der Waals surface area contributed by atoms with Crippen LogP contribution in [0, 0.1) is 6.92 Å². The number of aromatic nitrogens is 2. The second-order valence-electron chi connectivity index (χ2n) is 5.07. The van der Waals surface area contributed by atoms with Crippen LogP contribution >= 0.6 is 0 Å². The molecule has 106 valence electrons. The maximum atomic E-state index is 5.57. The predicted octanol–water partition coefficient (Wildman–Crippen LogP) is 2.55. The first-order valence-electron chi connectivity index (χ1n) is 7.04. The third kappa shape index (κ3) is 4.35. The molecule has 0 saturated carbocycles. The molecule has 19 heavy (non-hydrogen) atoms. The average Bonchev–Trinajstić information content (AvgIpc) is 2.35. The molecule has 0 spiro atoms. The molecule has 1 aromatic rings. The Bertz CT molecular complexity index is 412. The minimum Gasteiger partial charge on any atom is -0.478 e. The van der Waals surface area contributed by atoms with Crippen LogP contribution in [-0.2, 0) is 4.74 Å². The number of hydrogen-bond acceptors (Lipinski definition) is 5. The van der Waals surface area contributed by atoms with Gasteiger partial charge in [0.15, 0.2) is 0 Å². The van der Waals surface area contributed by atoms with Gasteiger partial charge in [-0.05, 0) is 33.1 Å².